The van der Waals surface area contributed by atoms with Gasteiger partial charge >= 0.3 is 5.91 Å². The molecule has 1 aromatic heterocycles. The van der Waals surface area contributed by atoms with Gasteiger partial charge in [0.05, 0.1) is 42.2 Å². The Hall–Kier alpha value is -4.37. The number of methoxy groups -OCH3 is 1. The van der Waals surface area contributed by atoms with Crippen LogP contribution in [0.5, 0.6) is 17.2 Å². The van der Waals surface area contributed by atoms with E-state index in [0.29, 0.717) is 52.2 Å². The Balaban J connectivity index is 1.59. The molecule has 1 atom stereocenters. The summed E-state index contributed by atoms with van der Waals surface area (Å²) in [6, 6.07) is 18.6. The minimum Gasteiger partial charge on any atom is -0.507 e. The monoisotopic (exact) mass is 572 g/mol. The number of aromatic nitrogens is 1. The lowest BCUT2D eigenvalue weighted by Gasteiger charge is -2.23. The molecule has 3 aromatic carbocycles. The third-order valence-electron chi connectivity index (χ3n) is 6.80. The number of aliphatic hydroxyl groups excluding tert-OH is 1. The molecule has 0 aliphatic carbocycles. The number of unbranched alkanes of at least 4 members (excludes halogenated alkanes) is 1. The fraction of sp³-hybridized carbons (Fsp3) is 0.281. The van der Waals surface area contributed by atoms with Crippen molar-refractivity contribution in [3.63, 3.8) is 0 Å². The molecule has 212 valence electrons. The zero-order valence-electron chi connectivity index (χ0n) is 23.3. The standard InChI is InChI=1S/C32H32N2O6S/c1-4-6-18-40-23-11-7-20(8-12-23)28-27(29(35)21-9-13-22(14-10-21)39-17-5-2)30(36)31(37)34(28)32-33-25-16-15-24(38-3)19-26(25)41-32/h7-16,19,28,35H,4-6,17-18H2,1-3H3/b29-27+. The Kier molecular flexibility index (Phi) is 8.54. The molecule has 9 heteroatoms. The SMILES string of the molecule is CCCCOc1ccc(C2/C(=C(\O)c3ccc(OCCC)cc3)C(=O)C(=O)N2c2nc3ccc(OC)cc3s2)cc1. The number of nitrogens with zero attached hydrogens (tertiary/aromatic N) is 2. The molecule has 0 saturated carbocycles. The average molecular weight is 573 g/mol. The molecule has 1 unspecified atom stereocenters. The van der Waals surface area contributed by atoms with Gasteiger partial charge in [0.15, 0.2) is 5.13 Å². The number of thiazole rings is 1. The highest BCUT2D eigenvalue weighted by Gasteiger charge is 2.48. The maximum atomic E-state index is 13.6. The van der Waals surface area contributed by atoms with Crippen LogP contribution in [0.2, 0.25) is 0 Å². The maximum Gasteiger partial charge on any atom is 0.301 e. The minimum atomic E-state index is -0.891. The van der Waals surface area contributed by atoms with Gasteiger partial charge in [-0.3, -0.25) is 14.5 Å². The Bertz CT molecular complexity index is 1580. The molecule has 1 fully saturated rings. The lowest BCUT2D eigenvalue weighted by molar-refractivity contribution is -0.132. The predicted octanol–water partition coefficient (Wildman–Crippen LogP) is 6.90. The minimum absolute atomic E-state index is 0.00582. The molecule has 1 amide bonds. The number of Topliss-reactive ketones (excluding diaryl/α,β-unsaturated/α-hetero) is 1. The van der Waals surface area contributed by atoms with Crippen LogP contribution < -0.4 is 19.1 Å². The number of ether oxygens (including phenoxy) is 3. The van der Waals surface area contributed by atoms with E-state index >= 15 is 0 Å². The summed E-state index contributed by atoms with van der Waals surface area (Å²) in [5.41, 5.74) is 1.72. The first-order valence-corrected chi connectivity index (χ1v) is 14.5. The average Bonchev–Trinajstić information content (AvgIpc) is 3.53. The van der Waals surface area contributed by atoms with Crippen LogP contribution in [0.1, 0.15) is 50.3 Å². The van der Waals surface area contributed by atoms with E-state index in [9.17, 15) is 14.7 Å². The lowest BCUT2D eigenvalue weighted by atomic mass is 9.95. The number of aliphatic hydroxyl groups is 1. The predicted molar refractivity (Wildman–Crippen MR) is 160 cm³/mol. The molecule has 1 aliphatic rings. The van der Waals surface area contributed by atoms with E-state index in [1.165, 1.54) is 16.2 Å². The summed E-state index contributed by atoms with van der Waals surface area (Å²) in [5.74, 6) is 0.214. The molecule has 0 radical (unpaired) electrons. The van der Waals surface area contributed by atoms with Crippen LogP contribution in [0.4, 0.5) is 5.13 Å². The fourth-order valence-corrected chi connectivity index (χ4v) is 5.65. The van der Waals surface area contributed by atoms with Gasteiger partial charge in [-0.25, -0.2) is 4.98 Å². The zero-order valence-corrected chi connectivity index (χ0v) is 24.1. The number of rotatable bonds is 11. The molecule has 1 saturated heterocycles. The third kappa shape index (κ3) is 5.76. The van der Waals surface area contributed by atoms with Gasteiger partial charge in [0.2, 0.25) is 0 Å². The summed E-state index contributed by atoms with van der Waals surface area (Å²) in [4.78, 5) is 33.2. The molecule has 0 bridgehead atoms. The highest BCUT2D eigenvalue weighted by molar-refractivity contribution is 7.22. The van der Waals surface area contributed by atoms with Crippen molar-refractivity contribution in [1.29, 1.82) is 0 Å². The van der Waals surface area contributed by atoms with Gasteiger partial charge in [-0.1, -0.05) is 43.7 Å². The first kappa shape index (κ1) is 28.2. The van der Waals surface area contributed by atoms with E-state index in [1.807, 2.05) is 43.3 Å². The largest absolute Gasteiger partial charge is 0.507 e. The highest BCUT2D eigenvalue weighted by Crippen LogP contribution is 2.45. The molecular formula is C32H32N2O6S. The molecule has 1 N–H and O–H groups in total. The number of hydrogen-bond acceptors (Lipinski definition) is 8. The van der Waals surface area contributed by atoms with Crippen molar-refractivity contribution >= 4 is 44.1 Å². The van der Waals surface area contributed by atoms with Crippen molar-refractivity contribution in [2.24, 2.45) is 0 Å². The van der Waals surface area contributed by atoms with E-state index in [1.54, 1.807) is 37.4 Å². The molecule has 4 aromatic rings. The number of benzene rings is 3. The summed E-state index contributed by atoms with van der Waals surface area (Å²) < 4.78 is 17.6. The first-order chi connectivity index (χ1) is 19.9. The van der Waals surface area contributed by atoms with Crippen LogP contribution in [0.3, 0.4) is 0 Å². The highest BCUT2D eigenvalue weighted by atomic mass is 32.1. The second kappa shape index (κ2) is 12.4. The van der Waals surface area contributed by atoms with Crippen molar-refractivity contribution < 1.29 is 28.9 Å². The Morgan fingerprint density at radius 2 is 1.56 bits per heavy atom. The number of amides is 1. The summed E-state index contributed by atoms with van der Waals surface area (Å²) >= 11 is 1.28. The van der Waals surface area contributed by atoms with Gasteiger partial charge in [-0.2, -0.15) is 0 Å². The third-order valence-corrected chi connectivity index (χ3v) is 7.82. The van der Waals surface area contributed by atoms with Crippen LogP contribution >= 0.6 is 11.3 Å². The van der Waals surface area contributed by atoms with E-state index < -0.39 is 17.7 Å². The van der Waals surface area contributed by atoms with Crippen molar-refractivity contribution in [2.45, 2.75) is 39.2 Å². The summed E-state index contributed by atoms with van der Waals surface area (Å²) in [6.07, 6.45) is 2.82. The fourth-order valence-electron chi connectivity index (χ4n) is 4.63. The molecule has 2 heterocycles. The second-order valence-corrected chi connectivity index (χ2v) is 10.7. The van der Waals surface area contributed by atoms with Gasteiger partial charge in [-0.05, 0) is 73.0 Å². The van der Waals surface area contributed by atoms with Gasteiger partial charge in [0.1, 0.15) is 23.0 Å². The van der Waals surface area contributed by atoms with Crippen LogP contribution in [0.15, 0.2) is 72.3 Å². The molecule has 1 aliphatic heterocycles. The first-order valence-electron chi connectivity index (χ1n) is 13.7. The van der Waals surface area contributed by atoms with Gasteiger partial charge < -0.3 is 19.3 Å². The number of ketones is 1. The number of anilines is 1. The lowest BCUT2D eigenvalue weighted by Crippen LogP contribution is -2.29. The molecule has 5 rings (SSSR count). The Morgan fingerprint density at radius 1 is 0.902 bits per heavy atom. The van der Waals surface area contributed by atoms with Crippen molar-refractivity contribution in [3.8, 4) is 17.2 Å². The van der Waals surface area contributed by atoms with Gasteiger partial charge in [0, 0.05) is 5.56 Å². The van der Waals surface area contributed by atoms with Crippen molar-refractivity contribution in [2.75, 3.05) is 25.2 Å². The number of carbonyl (C=O) groups excluding carboxylic acids is 2. The van der Waals surface area contributed by atoms with Crippen LogP contribution in [0, 0.1) is 0 Å². The van der Waals surface area contributed by atoms with E-state index in [-0.39, 0.29) is 11.3 Å². The number of carbonyl (C=O) groups is 2. The summed E-state index contributed by atoms with van der Waals surface area (Å²) in [6.45, 7) is 5.29. The van der Waals surface area contributed by atoms with Crippen molar-refractivity contribution in [3.05, 3.63) is 83.4 Å². The molecule has 0 spiro atoms. The maximum absolute atomic E-state index is 13.6. The summed E-state index contributed by atoms with van der Waals surface area (Å²) in [7, 11) is 1.58. The molecule has 8 nitrogen and oxygen atoms in total. The summed E-state index contributed by atoms with van der Waals surface area (Å²) in [5, 5.41) is 11.8. The van der Waals surface area contributed by atoms with Crippen LogP contribution in [-0.2, 0) is 9.59 Å². The molecule has 41 heavy (non-hydrogen) atoms. The van der Waals surface area contributed by atoms with Crippen LogP contribution in [-0.4, -0.2) is 42.1 Å². The quantitative estimate of drug-likeness (QED) is 0.0904. The van der Waals surface area contributed by atoms with E-state index in [4.69, 9.17) is 14.2 Å². The molecular weight excluding hydrogens is 540 g/mol. The van der Waals surface area contributed by atoms with E-state index in [2.05, 4.69) is 11.9 Å². The number of fused-ring (bicyclic) bond motifs is 1. The van der Waals surface area contributed by atoms with Gasteiger partial charge in [0.25, 0.3) is 5.78 Å². The zero-order chi connectivity index (χ0) is 28.9. The number of hydrogen-bond donors (Lipinski definition) is 1. The van der Waals surface area contributed by atoms with E-state index in [0.717, 1.165) is 24.0 Å². The van der Waals surface area contributed by atoms with Crippen molar-refractivity contribution in [1.82, 2.24) is 4.98 Å². The smallest absolute Gasteiger partial charge is 0.301 e. The topological polar surface area (TPSA) is 98.2 Å². The van der Waals surface area contributed by atoms with Crippen LogP contribution in [0.25, 0.3) is 16.0 Å². The normalized spacial score (nSPS) is 16.4. The second-order valence-electron chi connectivity index (χ2n) is 9.64. The Labute approximate surface area is 242 Å². The van der Waals surface area contributed by atoms with Gasteiger partial charge in [-0.15, -0.1) is 0 Å². The Morgan fingerprint density at radius 3 is 2.22 bits per heavy atom.